The highest BCUT2D eigenvalue weighted by Gasteiger charge is 2.53. The summed E-state index contributed by atoms with van der Waals surface area (Å²) in [7, 11) is 1.23. The van der Waals surface area contributed by atoms with Crippen LogP contribution in [0.5, 0.6) is 23.0 Å². The van der Waals surface area contributed by atoms with Crippen LogP contribution in [0.15, 0.2) is 60.7 Å². The van der Waals surface area contributed by atoms with E-state index in [0.717, 1.165) is 6.07 Å². The summed E-state index contributed by atoms with van der Waals surface area (Å²) in [5, 5.41) is 17.6. The van der Waals surface area contributed by atoms with Crippen LogP contribution in [0.3, 0.4) is 0 Å². The van der Waals surface area contributed by atoms with Gasteiger partial charge in [-0.1, -0.05) is 6.07 Å². The highest BCUT2D eigenvalue weighted by molar-refractivity contribution is 5.87. The normalized spacial score (nSPS) is 22.1. The largest absolute Gasteiger partial charge is 0.454 e. The van der Waals surface area contributed by atoms with Crippen LogP contribution in [-0.4, -0.2) is 81.4 Å². The van der Waals surface area contributed by atoms with Crippen LogP contribution in [-0.2, 0) is 23.7 Å². The Balaban J connectivity index is 1.24. The average Bonchev–Trinajstić information content (AvgIpc) is 3.71. The first-order valence-corrected chi connectivity index (χ1v) is 14.1. The fourth-order valence-corrected chi connectivity index (χ4v) is 4.94. The number of methoxy groups -OCH3 is 1. The molecular weight excluding hydrogens is 629 g/mol. The molecule has 0 saturated carbocycles. The van der Waals surface area contributed by atoms with Crippen molar-refractivity contribution in [1.82, 2.24) is 0 Å². The van der Waals surface area contributed by atoms with E-state index in [4.69, 9.17) is 42.6 Å². The number of amides is 3. The number of aliphatic hydroxyl groups is 1. The van der Waals surface area contributed by atoms with Crippen LogP contribution in [0.2, 0.25) is 0 Å². The molecule has 3 aromatic carbocycles. The zero-order valence-corrected chi connectivity index (χ0v) is 24.5. The van der Waals surface area contributed by atoms with E-state index >= 15 is 0 Å². The van der Waals surface area contributed by atoms with Crippen molar-refractivity contribution in [3.8, 4) is 23.0 Å². The zero-order chi connectivity index (χ0) is 32.9. The summed E-state index contributed by atoms with van der Waals surface area (Å²) in [4.78, 5) is 39.3. The van der Waals surface area contributed by atoms with Gasteiger partial charge >= 0.3 is 18.3 Å². The summed E-state index contributed by atoms with van der Waals surface area (Å²) in [6.07, 6.45) is -10.7. The van der Waals surface area contributed by atoms with Gasteiger partial charge in [-0.3, -0.25) is 16.0 Å². The smallest absolute Gasteiger partial charge is 0.412 e. The average molecular weight is 658 g/mol. The van der Waals surface area contributed by atoms with Crippen LogP contribution >= 0.6 is 0 Å². The number of halogens is 1. The standard InChI is InChI=1S/C30H28FN3O13/c1-39-27-26(47-30(38)34-18-6-8-20-22(11-18)43-14-41-20)25(46-29(37)33-17-5-7-19-21(10-17)42-13-40-19)24(23(12-35)44-27)45-28(36)32-16-4-2-3-15(31)9-16/h2-11,23-27,35H,12-14H2,1H3,(H,32,36)(H,33,37)(H,34,38)/t23-,24-,25+,26+,27+/m1/s1. The van der Waals surface area contributed by atoms with Crippen molar-refractivity contribution in [3.63, 3.8) is 0 Å². The molecule has 0 bridgehead atoms. The zero-order valence-electron chi connectivity index (χ0n) is 24.5. The van der Waals surface area contributed by atoms with E-state index in [2.05, 4.69) is 16.0 Å². The summed E-state index contributed by atoms with van der Waals surface area (Å²) in [5.41, 5.74) is 0.585. The highest BCUT2D eigenvalue weighted by Crippen LogP contribution is 2.36. The molecule has 4 N–H and O–H groups in total. The monoisotopic (exact) mass is 657 g/mol. The van der Waals surface area contributed by atoms with Crippen LogP contribution in [0.1, 0.15) is 0 Å². The first-order chi connectivity index (χ1) is 22.8. The maximum absolute atomic E-state index is 13.7. The molecule has 5 atom stereocenters. The number of fused-ring (bicyclic) bond motifs is 2. The quantitative estimate of drug-likeness (QED) is 0.256. The van der Waals surface area contributed by atoms with Crippen molar-refractivity contribution >= 4 is 35.3 Å². The van der Waals surface area contributed by atoms with E-state index in [1.54, 1.807) is 12.1 Å². The molecule has 3 aliphatic heterocycles. The van der Waals surface area contributed by atoms with E-state index in [9.17, 15) is 23.9 Å². The number of aliphatic hydroxyl groups excluding tert-OH is 1. The molecule has 47 heavy (non-hydrogen) atoms. The van der Waals surface area contributed by atoms with E-state index < -0.39 is 61.4 Å². The van der Waals surface area contributed by atoms with Gasteiger partial charge in [0.15, 0.2) is 47.6 Å². The molecule has 3 aromatic rings. The van der Waals surface area contributed by atoms with Gasteiger partial charge in [-0.05, 0) is 42.5 Å². The predicted octanol–water partition coefficient (Wildman–Crippen LogP) is 3.80. The number of hydrogen-bond acceptors (Lipinski definition) is 13. The third-order valence-corrected chi connectivity index (χ3v) is 7.04. The van der Waals surface area contributed by atoms with Gasteiger partial charge in [0, 0.05) is 36.3 Å². The van der Waals surface area contributed by atoms with Gasteiger partial charge in [0.25, 0.3) is 0 Å². The molecule has 17 heteroatoms. The van der Waals surface area contributed by atoms with Gasteiger partial charge in [0.05, 0.1) is 6.61 Å². The number of benzene rings is 3. The molecule has 0 aromatic heterocycles. The fraction of sp³-hybridized carbons (Fsp3) is 0.300. The number of anilines is 3. The summed E-state index contributed by atoms with van der Waals surface area (Å²) in [6.45, 7) is -0.709. The van der Waals surface area contributed by atoms with Crippen molar-refractivity contribution in [2.75, 3.05) is 43.3 Å². The van der Waals surface area contributed by atoms with Gasteiger partial charge in [0.2, 0.25) is 13.6 Å². The van der Waals surface area contributed by atoms with Crippen LogP contribution in [0.4, 0.5) is 35.8 Å². The Bertz CT molecular complexity index is 1640. The molecule has 16 nitrogen and oxygen atoms in total. The van der Waals surface area contributed by atoms with Crippen molar-refractivity contribution in [2.45, 2.75) is 30.7 Å². The van der Waals surface area contributed by atoms with E-state index in [1.807, 2.05) is 0 Å². The van der Waals surface area contributed by atoms with Gasteiger partial charge in [0.1, 0.15) is 11.9 Å². The van der Waals surface area contributed by atoms with Crippen molar-refractivity contribution in [1.29, 1.82) is 0 Å². The molecule has 1 saturated heterocycles. The number of carbonyl (C=O) groups is 3. The van der Waals surface area contributed by atoms with Gasteiger partial charge in [-0.15, -0.1) is 0 Å². The number of carbonyl (C=O) groups excluding carboxylic acids is 3. The number of rotatable bonds is 8. The molecule has 1 fully saturated rings. The molecule has 3 heterocycles. The minimum Gasteiger partial charge on any atom is -0.454 e. The molecule has 3 amide bonds. The Labute approximate surface area is 265 Å². The van der Waals surface area contributed by atoms with E-state index in [-0.39, 0.29) is 30.6 Å². The van der Waals surface area contributed by atoms with E-state index in [0.29, 0.717) is 23.0 Å². The lowest BCUT2D eigenvalue weighted by Crippen LogP contribution is -2.63. The van der Waals surface area contributed by atoms with Crippen molar-refractivity contribution in [3.05, 3.63) is 66.5 Å². The third kappa shape index (κ3) is 7.32. The lowest BCUT2D eigenvalue weighted by atomic mass is 9.98. The highest BCUT2D eigenvalue weighted by atomic mass is 19.1. The molecular formula is C30H28FN3O13. The van der Waals surface area contributed by atoms with Gasteiger partial charge < -0.3 is 47.7 Å². The number of nitrogens with one attached hydrogen (secondary N) is 3. The number of hydrogen-bond donors (Lipinski definition) is 4. The second-order valence-corrected chi connectivity index (χ2v) is 10.1. The van der Waals surface area contributed by atoms with Crippen molar-refractivity contribution in [2.24, 2.45) is 0 Å². The van der Waals surface area contributed by atoms with Crippen molar-refractivity contribution < 1.29 is 66.5 Å². The summed E-state index contributed by atoms with van der Waals surface area (Å²) in [5.74, 6) is 1.11. The second-order valence-electron chi connectivity index (χ2n) is 10.1. The van der Waals surface area contributed by atoms with Crippen LogP contribution in [0.25, 0.3) is 0 Å². The summed E-state index contributed by atoms with van der Waals surface area (Å²) < 4.78 is 62.9. The lowest BCUT2D eigenvalue weighted by Gasteiger charge is -2.43. The topological polar surface area (TPSA) is 191 Å². The maximum Gasteiger partial charge on any atom is 0.412 e. The molecule has 3 aliphatic rings. The van der Waals surface area contributed by atoms with Gasteiger partial charge in [-0.2, -0.15) is 0 Å². The Morgan fingerprint density at radius 2 is 1.23 bits per heavy atom. The SMILES string of the molecule is CO[C@H]1O[C@H](CO)[C@@H](OC(=O)Nc2cccc(F)c2)[C@H](OC(=O)Nc2ccc3c(c2)OCO3)[C@@H]1OC(=O)Nc1ccc2c(c1)OCO2. The minimum absolute atomic E-state index is 0.0102. The Morgan fingerprint density at radius 3 is 1.77 bits per heavy atom. The van der Waals surface area contributed by atoms with Crippen LogP contribution in [0, 0.1) is 5.82 Å². The van der Waals surface area contributed by atoms with Gasteiger partial charge in [-0.25, -0.2) is 18.8 Å². The lowest BCUT2D eigenvalue weighted by molar-refractivity contribution is -0.290. The fourth-order valence-electron chi connectivity index (χ4n) is 4.94. The summed E-state index contributed by atoms with van der Waals surface area (Å²) >= 11 is 0. The number of ether oxygens (including phenoxy) is 9. The van der Waals surface area contributed by atoms with E-state index in [1.165, 1.54) is 49.6 Å². The minimum atomic E-state index is -1.62. The van der Waals surface area contributed by atoms with Crippen LogP contribution < -0.4 is 34.9 Å². The molecule has 248 valence electrons. The Hall–Kier alpha value is -5.52. The summed E-state index contributed by atoms with van der Waals surface area (Å²) in [6, 6.07) is 14.2. The Kier molecular flexibility index (Phi) is 9.28. The first kappa shape index (κ1) is 31.5. The maximum atomic E-state index is 13.7. The first-order valence-electron chi connectivity index (χ1n) is 14.1. The molecule has 0 aliphatic carbocycles. The molecule has 0 radical (unpaired) electrons. The molecule has 6 rings (SSSR count). The molecule has 0 unspecified atom stereocenters. The third-order valence-electron chi connectivity index (χ3n) is 7.04. The second kappa shape index (κ2) is 13.9. The predicted molar refractivity (Wildman–Crippen MR) is 156 cm³/mol. The Morgan fingerprint density at radius 1 is 0.723 bits per heavy atom. The molecule has 0 spiro atoms.